The first-order valence-corrected chi connectivity index (χ1v) is 4.56. The number of hydrogen-bond donors (Lipinski definition) is 1. The van der Waals surface area contributed by atoms with Crippen molar-refractivity contribution in [2.75, 3.05) is 0 Å². The molecule has 0 spiro atoms. The van der Waals surface area contributed by atoms with Crippen LogP contribution >= 0.6 is 0 Å². The number of nitrogens with zero attached hydrogens (tertiary/aromatic N) is 1. The molecule has 0 saturated heterocycles. The van der Waals surface area contributed by atoms with Crippen molar-refractivity contribution < 1.29 is 44.6 Å². The van der Waals surface area contributed by atoms with Crippen LogP contribution in [0.5, 0.6) is 0 Å². The molecule has 5 heteroatoms. The van der Waals surface area contributed by atoms with Crippen LogP contribution in [0.25, 0.3) is 0 Å². The second-order valence-electron chi connectivity index (χ2n) is 3.28. The van der Waals surface area contributed by atoms with Crippen LogP contribution in [0.3, 0.4) is 0 Å². The maximum absolute atomic E-state index is 10.7. The maximum atomic E-state index is 10.7. The van der Waals surface area contributed by atoms with Gasteiger partial charge in [-0.05, 0) is 37.4 Å². The predicted octanol–water partition coefficient (Wildman–Crippen LogP) is -1.71. The molecule has 4 nitrogen and oxygen atoms in total. The van der Waals surface area contributed by atoms with Crippen molar-refractivity contribution in [1.29, 1.82) is 0 Å². The van der Waals surface area contributed by atoms with Gasteiger partial charge in [0.2, 0.25) is 0 Å². The van der Waals surface area contributed by atoms with E-state index in [2.05, 4.69) is 4.99 Å². The van der Waals surface area contributed by atoms with Crippen LogP contribution in [0.4, 0.5) is 5.69 Å². The topological polar surface area (TPSA) is 72.7 Å². The van der Waals surface area contributed by atoms with Crippen molar-refractivity contribution in [3.8, 4) is 0 Å². The number of hydrogen-bond acceptors (Lipinski definition) is 3. The van der Waals surface area contributed by atoms with E-state index < -0.39 is 11.9 Å². The van der Waals surface area contributed by atoms with Gasteiger partial charge >= 0.3 is 35.5 Å². The summed E-state index contributed by atoms with van der Waals surface area (Å²) in [5.74, 6) is -1.68. The molecule has 0 saturated carbocycles. The third-order valence-corrected chi connectivity index (χ3v) is 2.05. The fourth-order valence-electron chi connectivity index (χ4n) is 1.16. The average Bonchev–Trinajstić information content (AvgIpc) is 2.17. The Kier molecular flexibility index (Phi) is 6.33. The van der Waals surface area contributed by atoms with Crippen molar-refractivity contribution in [3.63, 3.8) is 0 Å². The fraction of sp³-hybridized carbons (Fsp3) is 0.273. The number of benzene rings is 1. The molecule has 0 radical (unpaired) electrons. The first kappa shape index (κ1) is 15.2. The standard InChI is InChI=1S/C11H13NO3.Na/c1-7(11(14)15)9-3-5-10(6-4-9)12-8(2)13;/h3-7H,1-2H3,(H,12,13)(H,14,15);/q;+1/p-1/t7-;/m1./s1. The minimum absolute atomic E-state index is 0. The molecule has 1 aromatic carbocycles. The SMILES string of the molecule is CC([O-])=Nc1ccc([C@@H](C)C(=O)O)cc1.[Na+]. The van der Waals surface area contributed by atoms with Crippen molar-refractivity contribution in [1.82, 2.24) is 0 Å². The van der Waals surface area contributed by atoms with E-state index in [9.17, 15) is 9.90 Å². The van der Waals surface area contributed by atoms with Gasteiger partial charge < -0.3 is 10.2 Å². The summed E-state index contributed by atoms with van der Waals surface area (Å²) in [6, 6.07) is 6.60. The average molecular weight is 229 g/mol. The second kappa shape index (κ2) is 6.68. The zero-order valence-electron chi connectivity index (χ0n) is 9.60. The van der Waals surface area contributed by atoms with Gasteiger partial charge in [-0.25, -0.2) is 0 Å². The molecule has 0 aliphatic carbocycles. The fourth-order valence-corrected chi connectivity index (χ4v) is 1.16. The summed E-state index contributed by atoms with van der Waals surface area (Å²) < 4.78 is 0. The van der Waals surface area contributed by atoms with Crippen LogP contribution in [0.2, 0.25) is 0 Å². The molecule has 80 valence electrons. The monoisotopic (exact) mass is 229 g/mol. The maximum Gasteiger partial charge on any atom is 1.00 e. The number of rotatable bonds is 3. The van der Waals surface area contributed by atoms with Crippen LogP contribution in [0.1, 0.15) is 25.3 Å². The van der Waals surface area contributed by atoms with E-state index in [-0.39, 0.29) is 35.5 Å². The summed E-state index contributed by atoms with van der Waals surface area (Å²) in [5, 5.41) is 19.5. The van der Waals surface area contributed by atoms with Gasteiger partial charge in [-0.3, -0.25) is 9.79 Å². The first-order chi connectivity index (χ1) is 7.00. The molecule has 0 aromatic heterocycles. The molecule has 0 aliphatic rings. The molecule has 0 unspecified atom stereocenters. The molecule has 0 amide bonds. The molecule has 16 heavy (non-hydrogen) atoms. The smallest absolute Gasteiger partial charge is 0.862 e. The summed E-state index contributed by atoms with van der Waals surface area (Å²) in [5.41, 5.74) is 1.24. The minimum atomic E-state index is -0.869. The predicted molar refractivity (Wildman–Crippen MR) is 55.3 cm³/mol. The number of carboxylic acid groups (broad SMARTS) is 1. The van der Waals surface area contributed by atoms with Gasteiger partial charge in [-0.2, -0.15) is 0 Å². The van der Waals surface area contributed by atoms with Gasteiger partial charge in [0, 0.05) is 0 Å². The van der Waals surface area contributed by atoms with Gasteiger partial charge in [-0.15, -0.1) is 0 Å². The van der Waals surface area contributed by atoms with Crippen molar-refractivity contribution in [2.24, 2.45) is 4.99 Å². The van der Waals surface area contributed by atoms with E-state index in [0.29, 0.717) is 11.3 Å². The van der Waals surface area contributed by atoms with Crippen molar-refractivity contribution >= 4 is 17.6 Å². The van der Waals surface area contributed by atoms with E-state index in [0.717, 1.165) is 0 Å². The first-order valence-electron chi connectivity index (χ1n) is 4.56. The molecule has 0 aliphatic heterocycles. The summed E-state index contributed by atoms with van der Waals surface area (Å²) in [7, 11) is 0. The third-order valence-electron chi connectivity index (χ3n) is 2.05. The van der Waals surface area contributed by atoms with Crippen LogP contribution in [-0.2, 0) is 4.79 Å². The number of carbonyl (C=O) groups is 1. The molecule has 0 heterocycles. The van der Waals surface area contributed by atoms with Gasteiger partial charge in [0.15, 0.2) is 0 Å². The molecule has 0 bridgehead atoms. The molecule has 0 fully saturated rings. The molecular weight excluding hydrogens is 217 g/mol. The zero-order chi connectivity index (χ0) is 11.4. The van der Waals surface area contributed by atoms with E-state index in [1.807, 2.05) is 0 Å². The molecule has 1 rings (SSSR count). The Labute approximate surface area is 116 Å². The minimum Gasteiger partial charge on any atom is -0.862 e. The molecule has 1 aromatic rings. The summed E-state index contributed by atoms with van der Waals surface area (Å²) in [6.07, 6.45) is 0. The van der Waals surface area contributed by atoms with E-state index in [1.165, 1.54) is 6.92 Å². The summed E-state index contributed by atoms with van der Waals surface area (Å²) in [6.45, 7) is 2.98. The van der Waals surface area contributed by atoms with Crippen LogP contribution in [-0.4, -0.2) is 17.0 Å². The molecule has 1 N–H and O–H groups in total. The van der Waals surface area contributed by atoms with Crippen molar-refractivity contribution in [3.05, 3.63) is 29.8 Å². The Morgan fingerprint density at radius 3 is 2.25 bits per heavy atom. The van der Waals surface area contributed by atoms with Gasteiger partial charge in [0.1, 0.15) is 0 Å². The van der Waals surface area contributed by atoms with E-state index >= 15 is 0 Å². The van der Waals surface area contributed by atoms with Crippen LogP contribution in [0, 0.1) is 0 Å². The third kappa shape index (κ3) is 4.35. The molecule has 1 atom stereocenters. The number of aliphatic carboxylic acids is 1. The Morgan fingerprint density at radius 2 is 1.88 bits per heavy atom. The number of carboxylic acids is 1. The molecular formula is C11H12NNaO3. The summed E-state index contributed by atoms with van der Waals surface area (Å²) in [4.78, 5) is 14.4. The van der Waals surface area contributed by atoms with E-state index in [1.54, 1.807) is 31.2 Å². The Hall–Kier alpha value is -0.840. The van der Waals surface area contributed by atoms with Gasteiger partial charge in [0.25, 0.3) is 0 Å². The zero-order valence-corrected chi connectivity index (χ0v) is 11.6. The van der Waals surface area contributed by atoms with Crippen LogP contribution < -0.4 is 34.7 Å². The van der Waals surface area contributed by atoms with Crippen LogP contribution in [0.15, 0.2) is 29.3 Å². The Morgan fingerprint density at radius 1 is 1.38 bits per heavy atom. The summed E-state index contributed by atoms with van der Waals surface area (Å²) >= 11 is 0. The van der Waals surface area contributed by atoms with E-state index in [4.69, 9.17) is 5.11 Å². The van der Waals surface area contributed by atoms with Gasteiger partial charge in [-0.1, -0.05) is 12.1 Å². The van der Waals surface area contributed by atoms with Gasteiger partial charge in [0.05, 0.1) is 11.6 Å². The quantitative estimate of drug-likeness (QED) is 0.381. The Balaban J connectivity index is 0.00000225. The largest absolute Gasteiger partial charge is 1.00 e. The normalized spacial score (nSPS) is 12.8. The van der Waals surface area contributed by atoms with Crippen molar-refractivity contribution in [2.45, 2.75) is 19.8 Å². The Bertz CT molecular complexity index is 383. The number of aliphatic imine (C=N–C) groups is 1. The second-order valence-corrected chi connectivity index (χ2v) is 3.28.